The highest BCUT2D eigenvalue weighted by atomic mass is 35.5. The molecular formula is C19H19ClN4O2. The van der Waals surface area contributed by atoms with E-state index in [1.807, 2.05) is 18.2 Å². The number of halogens is 1. The summed E-state index contributed by atoms with van der Waals surface area (Å²) in [6, 6.07) is 14.5. The number of nitriles is 1. The third-order valence-electron chi connectivity index (χ3n) is 4.31. The van der Waals surface area contributed by atoms with Gasteiger partial charge in [-0.15, -0.1) is 0 Å². The van der Waals surface area contributed by atoms with Gasteiger partial charge in [-0.05, 0) is 36.4 Å². The fraction of sp³-hybridized carbons (Fsp3) is 0.263. The highest BCUT2D eigenvalue weighted by molar-refractivity contribution is 6.32. The lowest BCUT2D eigenvalue weighted by atomic mass is 10.2. The summed E-state index contributed by atoms with van der Waals surface area (Å²) in [5, 5.41) is 12.4. The first-order chi connectivity index (χ1) is 12.6. The minimum absolute atomic E-state index is 0.160. The number of ether oxygens (including phenoxy) is 1. The first kappa shape index (κ1) is 17.9. The van der Waals surface area contributed by atoms with E-state index in [-0.39, 0.29) is 6.03 Å². The van der Waals surface area contributed by atoms with E-state index >= 15 is 0 Å². The highest BCUT2D eigenvalue weighted by Gasteiger charge is 2.22. The zero-order chi connectivity index (χ0) is 18.5. The number of nitrogens with zero attached hydrogens (tertiary/aromatic N) is 3. The van der Waals surface area contributed by atoms with Crippen LogP contribution < -0.4 is 15.0 Å². The average Bonchev–Trinajstić information content (AvgIpc) is 2.68. The Bertz CT molecular complexity index is 842. The first-order valence-electron chi connectivity index (χ1n) is 8.25. The number of amides is 2. The van der Waals surface area contributed by atoms with Crippen molar-refractivity contribution in [2.24, 2.45) is 0 Å². The van der Waals surface area contributed by atoms with Crippen molar-refractivity contribution in [2.75, 3.05) is 43.5 Å². The van der Waals surface area contributed by atoms with Crippen molar-refractivity contribution in [3.8, 4) is 11.8 Å². The smallest absolute Gasteiger partial charge is 0.321 e. The predicted octanol–water partition coefficient (Wildman–Crippen LogP) is 3.57. The third kappa shape index (κ3) is 4.01. The Morgan fingerprint density at radius 1 is 1.19 bits per heavy atom. The van der Waals surface area contributed by atoms with Gasteiger partial charge in [0, 0.05) is 37.6 Å². The standard InChI is InChI=1S/C19H19ClN4O2/c1-26-18-6-5-16(12-17(18)20)23-7-9-24(10-8-23)19(25)22-15-4-2-3-14(11-15)13-21/h2-6,11-12H,7-10H2,1H3,(H,22,25). The number of methoxy groups -OCH3 is 1. The third-order valence-corrected chi connectivity index (χ3v) is 4.61. The van der Waals surface area contributed by atoms with Crippen LogP contribution in [0.5, 0.6) is 5.75 Å². The second-order valence-corrected chi connectivity index (χ2v) is 6.32. The largest absolute Gasteiger partial charge is 0.495 e. The summed E-state index contributed by atoms with van der Waals surface area (Å²) in [6.45, 7) is 2.64. The molecule has 2 aromatic rings. The van der Waals surface area contributed by atoms with E-state index in [2.05, 4.69) is 16.3 Å². The fourth-order valence-electron chi connectivity index (χ4n) is 2.89. The zero-order valence-corrected chi connectivity index (χ0v) is 15.2. The predicted molar refractivity (Wildman–Crippen MR) is 102 cm³/mol. The number of piperazine rings is 1. The van der Waals surface area contributed by atoms with Crippen LogP contribution in [-0.2, 0) is 0 Å². The first-order valence-corrected chi connectivity index (χ1v) is 8.63. The van der Waals surface area contributed by atoms with Crippen LogP contribution in [0.25, 0.3) is 0 Å². The molecule has 0 radical (unpaired) electrons. The molecule has 0 saturated carbocycles. The number of anilines is 2. The number of urea groups is 1. The van der Waals surface area contributed by atoms with Gasteiger partial charge in [-0.3, -0.25) is 0 Å². The molecule has 2 amide bonds. The number of carbonyl (C=O) groups is 1. The molecule has 0 spiro atoms. The van der Waals surface area contributed by atoms with Crippen LogP contribution in [0.1, 0.15) is 5.56 Å². The van der Waals surface area contributed by atoms with Crippen LogP contribution in [0.15, 0.2) is 42.5 Å². The minimum atomic E-state index is -0.160. The monoisotopic (exact) mass is 370 g/mol. The normalized spacial score (nSPS) is 13.9. The Labute approximate surface area is 157 Å². The molecule has 1 aliphatic rings. The minimum Gasteiger partial charge on any atom is -0.495 e. The van der Waals surface area contributed by atoms with Crippen molar-refractivity contribution in [3.63, 3.8) is 0 Å². The van der Waals surface area contributed by atoms with Crippen LogP contribution >= 0.6 is 11.6 Å². The summed E-state index contributed by atoms with van der Waals surface area (Å²) in [6.07, 6.45) is 0. The van der Waals surface area contributed by atoms with E-state index in [9.17, 15) is 4.79 Å². The van der Waals surface area contributed by atoms with Crippen molar-refractivity contribution in [1.82, 2.24) is 4.90 Å². The average molecular weight is 371 g/mol. The molecule has 26 heavy (non-hydrogen) atoms. The van der Waals surface area contributed by atoms with Crippen LogP contribution in [-0.4, -0.2) is 44.2 Å². The molecule has 1 aliphatic heterocycles. The number of benzene rings is 2. The maximum Gasteiger partial charge on any atom is 0.321 e. The molecule has 2 aromatic carbocycles. The Hall–Kier alpha value is -2.91. The molecule has 0 bridgehead atoms. The van der Waals surface area contributed by atoms with Crippen LogP contribution in [0, 0.1) is 11.3 Å². The van der Waals surface area contributed by atoms with Crippen molar-refractivity contribution in [1.29, 1.82) is 5.26 Å². The van der Waals surface area contributed by atoms with Crippen molar-refractivity contribution >= 4 is 29.0 Å². The number of nitrogens with one attached hydrogen (secondary N) is 1. The van der Waals surface area contributed by atoms with Crippen LogP contribution in [0.3, 0.4) is 0 Å². The Kier molecular flexibility index (Phi) is 5.49. The molecule has 0 aliphatic carbocycles. The van der Waals surface area contributed by atoms with E-state index in [1.165, 1.54) is 0 Å². The van der Waals surface area contributed by atoms with E-state index in [1.54, 1.807) is 36.3 Å². The van der Waals surface area contributed by atoms with Gasteiger partial charge in [0.15, 0.2) is 0 Å². The molecule has 6 nitrogen and oxygen atoms in total. The summed E-state index contributed by atoms with van der Waals surface area (Å²) >= 11 is 6.19. The van der Waals surface area contributed by atoms with Gasteiger partial charge < -0.3 is 19.9 Å². The quantitative estimate of drug-likeness (QED) is 0.896. The Balaban J connectivity index is 1.58. The number of carbonyl (C=O) groups excluding carboxylic acids is 1. The lowest BCUT2D eigenvalue weighted by molar-refractivity contribution is 0.208. The van der Waals surface area contributed by atoms with Crippen molar-refractivity contribution in [2.45, 2.75) is 0 Å². The molecule has 3 rings (SSSR count). The summed E-state index contributed by atoms with van der Waals surface area (Å²) in [5.74, 6) is 0.646. The van der Waals surface area contributed by atoms with Crippen molar-refractivity contribution in [3.05, 3.63) is 53.1 Å². The molecule has 0 unspecified atom stereocenters. The van der Waals surface area contributed by atoms with E-state index in [4.69, 9.17) is 21.6 Å². The Morgan fingerprint density at radius 3 is 2.62 bits per heavy atom. The van der Waals surface area contributed by atoms with Crippen LogP contribution in [0.4, 0.5) is 16.2 Å². The fourth-order valence-corrected chi connectivity index (χ4v) is 3.14. The summed E-state index contributed by atoms with van der Waals surface area (Å²) in [5.41, 5.74) is 2.15. The van der Waals surface area contributed by atoms with E-state index < -0.39 is 0 Å². The molecule has 1 saturated heterocycles. The number of hydrogen-bond donors (Lipinski definition) is 1. The van der Waals surface area contributed by atoms with Gasteiger partial charge in [-0.25, -0.2) is 4.79 Å². The van der Waals surface area contributed by atoms with Gasteiger partial charge in [0.25, 0.3) is 0 Å². The van der Waals surface area contributed by atoms with Gasteiger partial charge >= 0.3 is 6.03 Å². The highest BCUT2D eigenvalue weighted by Crippen LogP contribution is 2.29. The van der Waals surface area contributed by atoms with Gasteiger partial charge in [-0.2, -0.15) is 5.26 Å². The molecule has 0 aromatic heterocycles. The topological polar surface area (TPSA) is 68.6 Å². The lowest BCUT2D eigenvalue weighted by Gasteiger charge is -2.36. The Morgan fingerprint density at radius 2 is 1.96 bits per heavy atom. The summed E-state index contributed by atoms with van der Waals surface area (Å²) < 4.78 is 5.18. The van der Waals surface area contributed by atoms with Gasteiger partial charge in [0.05, 0.1) is 23.8 Å². The molecule has 1 heterocycles. The molecule has 0 atom stereocenters. The molecule has 7 heteroatoms. The summed E-state index contributed by atoms with van der Waals surface area (Å²) in [4.78, 5) is 16.4. The summed E-state index contributed by atoms with van der Waals surface area (Å²) in [7, 11) is 1.59. The maximum atomic E-state index is 12.4. The van der Waals surface area contributed by atoms with E-state index in [0.717, 1.165) is 5.69 Å². The second kappa shape index (κ2) is 7.98. The number of hydrogen-bond acceptors (Lipinski definition) is 4. The molecule has 134 valence electrons. The van der Waals surface area contributed by atoms with Gasteiger partial charge in [0.1, 0.15) is 5.75 Å². The SMILES string of the molecule is COc1ccc(N2CCN(C(=O)Nc3cccc(C#N)c3)CC2)cc1Cl. The maximum absolute atomic E-state index is 12.4. The second-order valence-electron chi connectivity index (χ2n) is 5.92. The van der Waals surface area contributed by atoms with Crippen LogP contribution in [0.2, 0.25) is 5.02 Å². The zero-order valence-electron chi connectivity index (χ0n) is 14.4. The molecular weight excluding hydrogens is 352 g/mol. The van der Waals surface area contributed by atoms with Crippen molar-refractivity contribution < 1.29 is 9.53 Å². The number of rotatable bonds is 3. The van der Waals surface area contributed by atoms with E-state index in [0.29, 0.717) is 48.2 Å². The van der Waals surface area contributed by atoms with Gasteiger partial charge in [-0.1, -0.05) is 17.7 Å². The molecule has 1 fully saturated rings. The lowest BCUT2D eigenvalue weighted by Crippen LogP contribution is -2.50. The molecule has 1 N–H and O–H groups in total. The van der Waals surface area contributed by atoms with Gasteiger partial charge in [0.2, 0.25) is 0 Å².